The molecule has 0 atom stereocenters. The summed E-state index contributed by atoms with van der Waals surface area (Å²) < 4.78 is 27.8. The molecule has 0 heterocycles. The third kappa shape index (κ3) is 4.27. The van der Waals surface area contributed by atoms with E-state index in [2.05, 4.69) is 21.2 Å². The number of sulfonamides is 1. The first-order chi connectivity index (χ1) is 13.2. The zero-order chi connectivity index (χ0) is 20.5. The van der Waals surface area contributed by atoms with Gasteiger partial charge < -0.3 is 5.32 Å². The van der Waals surface area contributed by atoms with Crippen molar-refractivity contribution in [2.24, 2.45) is 0 Å². The SMILES string of the molecule is Cc1cc(Br)cc(C)c1NC(=O)CN(C)S(=O)(=O)c1ccc2ccccc2c1. The number of carbonyl (C=O) groups excluding carboxylic acids is 1. The predicted molar refractivity (Wildman–Crippen MR) is 116 cm³/mol. The van der Waals surface area contributed by atoms with Crippen LogP contribution in [0.15, 0.2) is 64.0 Å². The molecule has 0 aliphatic rings. The van der Waals surface area contributed by atoms with Gasteiger partial charge in [-0.05, 0) is 60.0 Å². The van der Waals surface area contributed by atoms with Crippen LogP contribution in [0.5, 0.6) is 0 Å². The van der Waals surface area contributed by atoms with E-state index < -0.39 is 10.0 Å². The first kappa shape index (κ1) is 20.5. The summed E-state index contributed by atoms with van der Waals surface area (Å²) in [5, 5.41) is 4.62. The van der Waals surface area contributed by atoms with Gasteiger partial charge in [0.2, 0.25) is 15.9 Å². The van der Waals surface area contributed by atoms with Crippen molar-refractivity contribution in [1.29, 1.82) is 0 Å². The Balaban J connectivity index is 1.79. The van der Waals surface area contributed by atoms with Crippen LogP contribution in [-0.2, 0) is 14.8 Å². The zero-order valence-corrected chi connectivity index (χ0v) is 18.3. The fraction of sp³-hybridized carbons (Fsp3) is 0.190. The molecule has 0 aliphatic carbocycles. The van der Waals surface area contributed by atoms with Crippen LogP contribution >= 0.6 is 15.9 Å². The molecular weight excluding hydrogens is 440 g/mol. The molecule has 0 fully saturated rings. The van der Waals surface area contributed by atoms with Gasteiger partial charge in [-0.1, -0.05) is 46.3 Å². The number of benzene rings is 3. The average molecular weight is 461 g/mol. The number of rotatable bonds is 5. The fourth-order valence-corrected chi connectivity index (χ4v) is 4.93. The van der Waals surface area contributed by atoms with E-state index in [-0.39, 0.29) is 17.3 Å². The van der Waals surface area contributed by atoms with Gasteiger partial charge >= 0.3 is 0 Å². The Bertz CT molecular complexity index is 1140. The molecular formula is C21H21BrN2O3S. The summed E-state index contributed by atoms with van der Waals surface area (Å²) in [6, 6.07) is 16.3. The van der Waals surface area contributed by atoms with Crippen molar-refractivity contribution in [2.45, 2.75) is 18.7 Å². The van der Waals surface area contributed by atoms with Gasteiger partial charge in [0.25, 0.3) is 0 Å². The molecule has 0 radical (unpaired) electrons. The zero-order valence-electron chi connectivity index (χ0n) is 15.9. The standard InChI is InChI=1S/C21H21BrN2O3S/c1-14-10-18(22)11-15(2)21(14)23-20(25)13-24(3)28(26,27)19-9-8-16-6-4-5-7-17(16)12-19/h4-12H,13H2,1-3H3,(H,23,25). The lowest BCUT2D eigenvalue weighted by molar-refractivity contribution is -0.116. The summed E-state index contributed by atoms with van der Waals surface area (Å²) in [6.45, 7) is 3.51. The van der Waals surface area contributed by atoms with Crippen molar-refractivity contribution in [2.75, 3.05) is 18.9 Å². The first-order valence-corrected chi connectivity index (χ1v) is 10.9. The van der Waals surface area contributed by atoms with Gasteiger partial charge in [-0.3, -0.25) is 4.79 Å². The molecule has 3 rings (SSSR count). The van der Waals surface area contributed by atoms with Crippen molar-refractivity contribution in [3.63, 3.8) is 0 Å². The smallest absolute Gasteiger partial charge is 0.243 e. The number of carbonyl (C=O) groups is 1. The van der Waals surface area contributed by atoms with E-state index in [4.69, 9.17) is 0 Å². The number of hydrogen-bond acceptors (Lipinski definition) is 3. The maximum absolute atomic E-state index is 12.9. The molecule has 0 aromatic heterocycles. The van der Waals surface area contributed by atoms with E-state index in [0.29, 0.717) is 5.69 Å². The van der Waals surface area contributed by atoms with Gasteiger partial charge in [-0.15, -0.1) is 0 Å². The van der Waals surface area contributed by atoms with Gasteiger partial charge in [0.1, 0.15) is 0 Å². The quantitative estimate of drug-likeness (QED) is 0.610. The van der Waals surface area contributed by atoms with Crippen LogP contribution in [0, 0.1) is 13.8 Å². The number of nitrogens with one attached hydrogen (secondary N) is 1. The number of amides is 1. The first-order valence-electron chi connectivity index (χ1n) is 8.70. The Morgan fingerprint density at radius 1 is 1.00 bits per heavy atom. The molecule has 0 spiro atoms. The third-order valence-electron chi connectivity index (χ3n) is 4.56. The molecule has 5 nitrogen and oxygen atoms in total. The minimum atomic E-state index is -3.78. The van der Waals surface area contributed by atoms with Crippen LogP contribution < -0.4 is 5.32 Å². The van der Waals surface area contributed by atoms with E-state index in [0.717, 1.165) is 30.7 Å². The number of likely N-dealkylation sites (N-methyl/N-ethyl adjacent to an activating group) is 1. The van der Waals surface area contributed by atoms with Crippen molar-refractivity contribution in [3.8, 4) is 0 Å². The highest BCUT2D eigenvalue weighted by Crippen LogP contribution is 2.25. The molecule has 0 saturated heterocycles. The van der Waals surface area contributed by atoms with Gasteiger partial charge in [-0.2, -0.15) is 4.31 Å². The van der Waals surface area contributed by atoms with Gasteiger partial charge in [0, 0.05) is 17.2 Å². The number of anilines is 1. The van der Waals surface area contributed by atoms with Crippen molar-refractivity contribution < 1.29 is 13.2 Å². The molecule has 0 saturated carbocycles. The minimum Gasteiger partial charge on any atom is -0.324 e. The largest absolute Gasteiger partial charge is 0.324 e. The van der Waals surface area contributed by atoms with Gasteiger partial charge in [0.05, 0.1) is 11.4 Å². The van der Waals surface area contributed by atoms with Crippen LogP contribution in [0.2, 0.25) is 0 Å². The summed E-state index contributed by atoms with van der Waals surface area (Å²) in [5.41, 5.74) is 2.50. The molecule has 7 heteroatoms. The highest BCUT2D eigenvalue weighted by atomic mass is 79.9. The lowest BCUT2D eigenvalue weighted by atomic mass is 10.1. The molecule has 28 heavy (non-hydrogen) atoms. The Hall–Kier alpha value is -2.22. The molecule has 3 aromatic carbocycles. The summed E-state index contributed by atoms with van der Waals surface area (Å²) in [6.07, 6.45) is 0. The molecule has 0 bridgehead atoms. The third-order valence-corrected chi connectivity index (χ3v) is 6.81. The summed E-state index contributed by atoms with van der Waals surface area (Å²) in [5.74, 6) is -0.389. The normalized spacial score (nSPS) is 11.8. The van der Waals surface area contributed by atoms with E-state index in [1.54, 1.807) is 18.2 Å². The fourth-order valence-electron chi connectivity index (χ4n) is 3.08. The topological polar surface area (TPSA) is 66.5 Å². The number of fused-ring (bicyclic) bond motifs is 1. The predicted octanol–water partition coefficient (Wildman–Crippen LogP) is 4.48. The molecule has 1 amide bonds. The second-order valence-corrected chi connectivity index (χ2v) is 9.69. The maximum atomic E-state index is 12.9. The van der Waals surface area contributed by atoms with E-state index in [1.807, 2.05) is 50.2 Å². The average Bonchev–Trinajstić information content (AvgIpc) is 2.64. The Morgan fingerprint density at radius 3 is 2.25 bits per heavy atom. The van der Waals surface area contributed by atoms with Crippen molar-refractivity contribution in [1.82, 2.24) is 4.31 Å². The van der Waals surface area contributed by atoms with Crippen LogP contribution in [0.1, 0.15) is 11.1 Å². The van der Waals surface area contributed by atoms with Crippen LogP contribution in [0.25, 0.3) is 10.8 Å². The monoisotopic (exact) mass is 460 g/mol. The number of halogens is 1. The number of aryl methyl sites for hydroxylation is 2. The van der Waals surface area contributed by atoms with Crippen molar-refractivity contribution >= 4 is 48.3 Å². The molecule has 0 aliphatic heterocycles. The second-order valence-electron chi connectivity index (χ2n) is 6.73. The maximum Gasteiger partial charge on any atom is 0.243 e. The number of hydrogen-bond donors (Lipinski definition) is 1. The molecule has 1 N–H and O–H groups in total. The lowest BCUT2D eigenvalue weighted by Gasteiger charge is -2.18. The number of nitrogens with zero attached hydrogens (tertiary/aromatic N) is 1. The summed E-state index contributed by atoms with van der Waals surface area (Å²) in [7, 11) is -2.37. The van der Waals surface area contributed by atoms with E-state index in [9.17, 15) is 13.2 Å². The molecule has 0 unspecified atom stereocenters. The summed E-state index contributed by atoms with van der Waals surface area (Å²) >= 11 is 3.42. The Kier molecular flexibility index (Phi) is 5.88. The lowest BCUT2D eigenvalue weighted by Crippen LogP contribution is -2.35. The minimum absolute atomic E-state index is 0.164. The van der Waals surface area contributed by atoms with E-state index in [1.165, 1.54) is 7.05 Å². The van der Waals surface area contributed by atoms with Crippen LogP contribution in [0.4, 0.5) is 5.69 Å². The summed E-state index contributed by atoms with van der Waals surface area (Å²) in [4.78, 5) is 12.6. The van der Waals surface area contributed by atoms with E-state index >= 15 is 0 Å². The van der Waals surface area contributed by atoms with Crippen LogP contribution in [0.3, 0.4) is 0 Å². The molecule has 146 valence electrons. The molecule has 3 aromatic rings. The van der Waals surface area contributed by atoms with Gasteiger partial charge in [0.15, 0.2) is 0 Å². The van der Waals surface area contributed by atoms with Crippen LogP contribution in [-0.4, -0.2) is 32.2 Å². The highest BCUT2D eigenvalue weighted by molar-refractivity contribution is 9.10. The van der Waals surface area contributed by atoms with Gasteiger partial charge in [-0.25, -0.2) is 8.42 Å². The van der Waals surface area contributed by atoms with Crippen molar-refractivity contribution in [3.05, 3.63) is 70.2 Å². The second kappa shape index (κ2) is 8.03. The highest BCUT2D eigenvalue weighted by Gasteiger charge is 2.23. The Morgan fingerprint density at radius 2 is 1.61 bits per heavy atom. The Labute approximate surface area is 173 Å².